The SMILES string of the molecule is [N-]=[N+]=Nc1cccc(-c2cccc3ccccc23)c1. The summed E-state index contributed by atoms with van der Waals surface area (Å²) in [5.41, 5.74) is 11.3. The van der Waals surface area contributed by atoms with Crippen LogP contribution < -0.4 is 0 Å². The summed E-state index contributed by atoms with van der Waals surface area (Å²) >= 11 is 0. The van der Waals surface area contributed by atoms with Gasteiger partial charge in [0.1, 0.15) is 0 Å². The number of fused-ring (bicyclic) bond motifs is 1. The number of benzene rings is 3. The minimum Gasteiger partial charge on any atom is -0.0616 e. The molecule has 0 amide bonds. The molecule has 0 aliphatic carbocycles. The van der Waals surface area contributed by atoms with E-state index in [4.69, 9.17) is 5.53 Å². The number of azide groups is 1. The third-order valence-electron chi connectivity index (χ3n) is 3.11. The third-order valence-corrected chi connectivity index (χ3v) is 3.11. The van der Waals surface area contributed by atoms with Crippen LogP contribution >= 0.6 is 0 Å². The van der Waals surface area contributed by atoms with Crippen molar-refractivity contribution in [3.8, 4) is 11.1 Å². The van der Waals surface area contributed by atoms with Gasteiger partial charge in [0, 0.05) is 10.6 Å². The largest absolute Gasteiger partial charge is 0.0616 e. The molecule has 0 aromatic heterocycles. The molecule has 0 radical (unpaired) electrons. The summed E-state index contributed by atoms with van der Waals surface area (Å²) in [6, 6.07) is 22.1. The summed E-state index contributed by atoms with van der Waals surface area (Å²) in [5.74, 6) is 0. The van der Waals surface area contributed by atoms with E-state index in [2.05, 4.69) is 34.3 Å². The summed E-state index contributed by atoms with van der Waals surface area (Å²) < 4.78 is 0. The second kappa shape index (κ2) is 4.84. The Morgan fingerprint density at radius 1 is 0.842 bits per heavy atom. The maximum absolute atomic E-state index is 8.51. The highest BCUT2D eigenvalue weighted by Gasteiger charge is 2.03. The Balaban J connectivity index is 2.24. The number of hydrogen-bond acceptors (Lipinski definition) is 1. The van der Waals surface area contributed by atoms with Crippen LogP contribution in [0.25, 0.3) is 32.3 Å². The van der Waals surface area contributed by atoms with E-state index in [0.717, 1.165) is 11.1 Å². The molecule has 3 nitrogen and oxygen atoms in total. The highest BCUT2D eigenvalue weighted by molar-refractivity contribution is 5.96. The Morgan fingerprint density at radius 3 is 2.53 bits per heavy atom. The van der Waals surface area contributed by atoms with Gasteiger partial charge >= 0.3 is 0 Å². The maximum Gasteiger partial charge on any atom is 0.0381 e. The molecule has 0 saturated heterocycles. The van der Waals surface area contributed by atoms with Gasteiger partial charge in [-0.25, -0.2) is 0 Å². The molecule has 90 valence electrons. The second-order valence-electron chi connectivity index (χ2n) is 4.27. The first-order valence-electron chi connectivity index (χ1n) is 6.02. The molecule has 0 unspecified atom stereocenters. The summed E-state index contributed by atoms with van der Waals surface area (Å²) in [5, 5.41) is 6.05. The molecular weight excluding hydrogens is 234 g/mol. The maximum atomic E-state index is 8.51. The fraction of sp³-hybridized carbons (Fsp3) is 0. The molecule has 0 atom stereocenters. The van der Waals surface area contributed by atoms with Gasteiger partial charge in [0.25, 0.3) is 0 Å². The van der Waals surface area contributed by atoms with Gasteiger partial charge < -0.3 is 0 Å². The van der Waals surface area contributed by atoms with Crippen LogP contribution in [0, 0.1) is 0 Å². The molecule has 0 aliphatic heterocycles. The van der Waals surface area contributed by atoms with Gasteiger partial charge in [0.2, 0.25) is 0 Å². The minimum atomic E-state index is 0.632. The van der Waals surface area contributed by atoms with Crippen molar-refractivity contribution in [2.45, 2.75) is 0 Å². The Bertz CT molecular complexity index is 781. The molecule has 0 saturated carbocycles. The van der Waals surface area contributed by atoms with Crippen LogP contribution in [0.4, 0.5) is 5.69 Å². The summed E-state index contributed by atoms with van der Waals surface area (Å²) in [7, 11) is 0. The predicted molar refractivity (Wildman–Crippen MR) is 78.2 cm³/mol. The normalized spacial score (nSPS) is 10.1. The molecule has 0 spiro atoms. The van der Waals surface area contributed by atoms with Crippen molar-refractivity contribution in [2.24, 2.45) is 5.11 Å². The number of hydrogen-bond donors (Lipinski definition) is 0. The van der Waals surface area contributed by atoms with E-state index < -0.39 is 0 Å². The summed E-state index contributed by atoms with van der Waals surface area (Å²) in [4.78, 5) is 2.83. The van der Waals surface area contributed by atoms with Crippen molar-refractivity contribution in [1.29, 1.82) is 0 Å². The van der Waals surface area contributed by atoms with Gasteiger partial charge in [0.15, 0.2) is 0 Å². The molecule has 0 bridgehead atoms. The average molecular weight is 245 g/mol. The lowest BCUT2D eigenvalue weighted by atomic mass is 9.98. The van der Waals surface area contributed by atoms with Crippen LogP contribution in [0.5, 0.6) is 0 Å². The van der Waals surface area contributed by atoms with Crippen molar-refractivity contribution >= 4 is 16.5 Å². The Labute approximate surface area is 110 Å². The lowest BCUT2D eigenvalue weighted by Crippen LogP contribution is -1.80. The molecule has 3 rings (SSSR count). The first-order valence-corrected chi connectivity index (χ1v) is 6.02. The molecule has 3 aromatic rings. The third kappa shape index (κ3) is 2.15. The van der Waals surface area contributed by atoms with Gasteiger partial charge in [-0.3, -0.25) is 0 Å². The van der Waals surface area contributed by atoms with E-state index in [1.165, 1.54) is 10.8 Å². The van der Waals surface area contributed by atoms with Crippen LogP contribution in [-0.2, 0) is 0 Å². The summed E-state index contributed by atoms with van der Waals surface area (Å²) in [6.45, 7) is 0. The van der Waals surface area contributed by atoms with E-state index in [1.807, 2.05) is 36.4 Å². The van der Waals surface area contributed by atoms with E-state index in [1.54, 1.807) is 6.07 Å². The Hall–Kier alpha value is -2.77. The fourth-order valence-electron chi connectivity index (χ4n) is 2.26. The first kappa shape index (κ1) is 11.3. The Kier molecular flexibility index (Phi) is 2.89. The van der Waals surface area contributed by atoms with Gasteiger partial charge in [-0.15, -0.1) is 0 Å². The quantitative estimate of drug-likeness (QED) is 0.327. The van der Waals surface area contributed by atoms with Crippen molar-refractivity contribution in [2.75, 3.05) is 0 Å². The highest BCUT2D eigenvalue weighted by atomic mass is 15.1. The van der Waals surface area contributed by atoms with E-state index in [0.29, 0.717) is 5.69 Å². The predicted octanol–water partition coefficient (Wildman–Crippen LogP) is 5.45. The highest BCUT2D eigenvalue weighted by Crippen LogP contribution is 2.30. The summed E-state index contributed by atoms with van der Waals surface area (Å²) in [6.07, 6.45) is 0. The molecule has 19 heavy (non-hydrogen) atoms. The first-order chi connectivity index (χ1) is 9.38. The van der Waals surface area contributed by atoms with Gasteiger partial charge in [-0.1, -0.05) is 65.8 Å². The van der Waals surface area contributed by atoms with Crippen molar-refractivity contribution < 1.29 is 0 Å². The average Bonchev–Trinajstić information content (AvgIpc) is 2.47. The monoisotopic (exact) mass is 245 g/mol. The van der Waals surface area contributed by atoms with E-state index >= 15 is 0 Å². The number of rotatable bonds is 2. The number of nitrogens with zero attached hydrogens (tertiary/aromatic N) is 3. The van der Waals surface area contributed by atoms with E-state index in [-0.39, 0.29) is 0 Å². The van der Waals surface area contributed by atoms with Crippen molar-refractivity contribution in [3.05, 3.63) is 77.2 Å². The van der Waals surface area contributed by atoms with Crippen LogP contribution in [0.15, 0.2) is 71.8 Å². The van der Waals surface area contributed by atoms with Gasteiger partial charge in [-0.05, 0) is 33.5 Å². The minimum absolute atomic E-state index is 0.632. The molecule has 3 heteroatoms. The molecule has 0 N–H and O–H groups in total. The van der Waals surface area contributed by atoms with Crippen molar-refractivity contribution in [1.82, 2.24) is 0 Å². The molecular formula is C16H11N3. The zero-order valence-electron chi connectivity index (χ0n) is 10.2. The van der Waals surface area contributed by atoms with Gasteiger partial charge in [0.05, 0.1) is 0 Å². The van der Waals surface area contributed by atoms with Crippen LogP contribution in [0.3, 0.4) is 0 Å². The van der Waals surface area contributed by atoms with Gasteiger partial charge in [-0.2, -0.15) is 0 Å². The van der Waals surface area contributed by atoms with Crippen LogP contribution in [0.2, 0.25) is 0 Å². The molecule has 0 aliphatic rings. The smallest absolute Gasteiger partial charge is 0.0381 e. The lowest BCUT2D eigenvalue weighted by Gasteiger charge is -2.07. The van der Waals surface area contributed by atoms with Crippen LogP contribution in [0.1, 0.15) is 0 Å². The Morgan fingerprint density at radius 2 is 1.63 bits per heavy atom. The zero-order valence-corrected chi connectivity index (χ0v) is 10.2. The fourth-order valence-corrected chi connectivity index (χ4v) is 2.26. The van der Waals surface area contributed by atoms with Crippen LogP contribution in [-0.4, -0.2) is 0 Å². The molecule has 3 aromatic carbocycles. The lowest BCUT2D eigenvalue weighted by molar-refractivity contribution is 1.48. The second-order valence-corrected chi connectivity index (χ2v) is 4.27. The topological polar surface area (TPSA) is 48.8 Å². The zero-order chi connectivity index (χ0) is 13.1. The van der Waals surface area contributed by atoms with E-state index in [9.17, 15) is 0 Å². The standard InChI is InChI=1S/C16H11N3/c17-19-18-14-8-3-7-13(11-14)16-10-4-6-12-5-1-2-9-15(12)16/h1-11H. The molecule has 0 heterocycles. The van der Waals surface area contributed by atoms with Crippen molar-refractivity contribution in [3.63, 3.8) is 0 Å². The molecule has 0 fully saturated rings.